The number of benzene rings is 3. The van der Waals surface area contributed by atoms with E-state index in [4.69, 9.17) is 5.11 Å². The van der Waals surface area contributed by atoms with Crippen LogP contribution >= 0.6 is 0 Å². The summed E-state index contributed by atoms with van der Waals surface area (Å²) >= 11 is 0. The molecule has 0 saturated carbocycles. The van der Waals surface area contributed by atoms with Crippen LogP contribution in [0.3, 0.4) is 0 Å². The van der Waals surface area contributed by atoms with Gasteiger partial charge < -0.3 is 15.1 Å². The third kappa shape index (κ3) is 3.11. The van der Waals surface area contributed by atoms with Crippen molar-refractivity contribution in [3.8, 4) is 0 Å². The van der Waals surface area contributed by atoms with Gasteiger partial charge in [-0.05, 0) is 34.4 Å². The Bertz CT molecular complexity index is 875. The Morgan fingerprint density at radius 3 is 2.38 bits per heavy atom. The number of carbonyl (C=O) groups is 1. The molecular weight excluding hydrogens is 302 g/mol. The Morgan fingerprint density at radius 2 is 1.71 bits per heavy atom. The van der Waals surface area contributed by atoms with Crippen LogP contribution in [0, 0.1) is 0 Å². The predicted octanol–water partition coefficient (Wildman–Crippen LogP) is 3.09. The fourth-order valence-electron chi connectivity index (χ4n) is 2.98. The molecule has 0 heterocycles. The quantitative estimate of drug-likeness (QED) is 0.709. The molecule has 0 radical (unpaired) electrons. The summed E-state index contributed by atoms with van der Waals surface area (Å²) in [5.74, 6) is -0.0804. The lowest BCUT2D eigenvalue weighted by molar-refractivity contribution is -0.118. The molecule has 3 aromatic carbocycles. The minimum Gasteiger partial charge on any atom is -0.394 e. The fourth-order valence-corrected chi connectivity index (χ4v) is 2.98. The van der Waals surface area contributed by atoms with Crippen LogP contribution in [0.5, 0.6) is 0 Å². The molecule has 0 fully saturated rings. The predicted molar refractivity (Wildman–Crippen MR) is 97.2 cm³/mol. The molecule has 24 heavy (non-hydrogen) atoms. The molecule has 1 amide bonds. The van der Waals surface area contributed by atoms with Gasteiger partial charge in [-0.2, -0.15) is 0 Å². The van der Waals surface area contributed by atoms with E-state index in [9.17, 15) is 9.90 Å². The first-order valence-electron chi connectivity index (χ1n) is 8.15. The van der Waals surface area contributed by atoms with E-state index in [2.05, 4.69) is 18.2 Å². The van der Waals surface area contributed by atoms with Crippen molar-refractivity contribution in [1.29, 1.82) is 0 Å². The van der Waals surface area contributed by atoms with E-state index in [1.54, 1.807) is 11.8 Å². The zero-order chi connectivity index (χ0) is 17.1. The maximum atomic E-state index is 12.4. The minimum atomic E-state index is -0.962. The lowest BCUT2D eigenvalue weighted by Gasteiger charge is -2.26. The largest absolute Gasteiger partial charge is 0.394 e. The number of aliphatic hydroxyl groups is 2. The van der Waals surface area contributed by atoms with Crippen molar-refractivity contribution in [2.24, 2.45) is 0 Å². The van der Waals surface area contributed by atoms with Crippen molar-refractivity contribution in [2.45, 2.75) is 19.4 Å². The molecule has 4 nitrogen and oxygen atoms in total. The van der Waals surface area contributed by atoms with Crippen LogP contribution in [0.2, 0.25) is 0 Å². The molecule has 0 aromatic heterocycles. The molecule has 3 rings (SSSR count). The number of hydrogen-bond donors (Lipinski definition) is 2. The van der Waals surface area contributed by atoms with Crippen molar-refractivity contribution in [3.63, 3.8) is 0 Å². The average molecular weight is 323 g/mol. The summed E-state index contributed by atoms with van der Waals surface area (Å²) in [4.78, 5) is 14.0. The van der Waals surface area contributed by atoms with Crippen molar-refractivity contribution >= 4 is 33.1 Å². The summed E-state index contributed by atoms with van der Waals surface area (Å²) in [5.41, 5.74) is 0.762. The van der Waals surface area contributed by atoms with Crippen molar-refractivity contribution < 1.29 is 15.0 Å². The van der Waals surface area contributed by atoms with Crippen LogP contribution in [0.4, 0.5) is 5.69 Å². The second kappa shape index (κ2) is 6.99. The molecule has 0 spiro atoms. The second-order valence-corrected chi connectivity index (χ2v) is 5.89. The van der Waals surface area contributed by atoms with E-state index in [0.717, 1.165) is 27.2 Å². The molecule has 124 valence electrons. The Balaban J connectivity index is 2.18. The standard InChI is InChI=1S/C20H21NO3/c1-2-20(24)21(12-17(23)13-22)19-9-5-8-16-10-14-6-3-4-7-15(14)11-18(16)19/h3-11,17,22-23H,2,12-13H2,1H3. The average Bonchev–Trinajstić information content (AvgIpc) is 2.63. The van der Waals surface area contributed by atoms with E-state index in [1.165, 1.54) is 0 Å². The summed E-state index contributed by atoms with van der Waals surface area (Å²) in [6.07, 6.45) is -0.626. The fraction of sp³-hybridized carbons (Fsp3) is 0.250. The number of carbonyl (C=O) groups excluding carboxylic acids is 1. The summed E-state index contributed by atoms with van der Waals surface area (Å²) < 4.78 is 0. The molecule has 0 bridgehead atoms. The van der Waals surface area contributed by atoms with Crippen molar-refractivity contribution in [2.75, 3.05) is 18.1 Å². The minimum absolute atomic E-state index is 0.0785. The molecule has 1 unspecified atom stereocenters. The van der Waals surface area contributed by atoms with E-state index in [1.807, 2.05) is 36.4 Å². The van der Waals surface area contributed by atoms with Crippen LogP contribution in [-0.4, -0.2) is 35.4 Å². The number of rotatable bonds is 5. The molecule has 0 aliphatic carbocycles. The summed E-state index contributed by atoms with van der Waals surface area (Å²) in [7, 11) is 0. The maximum Gasteiger partial charge on any atom is 0.226 e. The van der Waals surface area contributed by atoms with Crippen LogP contribution in [0.25, 0.3) is 21.5 Å². The highest BCUT2D eigenvalue weighted by atomic mass is 16.3. The van der Waals surface area contributed by atoms with Crippen LogP contribution in [0.1, 0.15) is 13.3 Å². The summed E-state index contributed by atoms with van der Waals surface area (Å²) in [6, 6.07) is 18.1. The van der Waals surface area contributed by atoms with Gasteiger partial charge in [0.05, 0.1) is 24.9 Å². The normalized spacial score (nSPS) is 12.5. The maximum absolute atomic E-state index is 12.4. The number of anilines is 1. The van der Waals surface area contributed by atoms with E-state index in [-0.39, 0.29) is 19.1 Å². The van der Waals surface area contributed by atoms with Gasteiger partial charge in [-0.1, -0.05) is 43.3 Å². The smallest absolute Gasteiger partial charge is 0.226 e. The number of amides is 1. The first kappa shape index (κ1) is 16.4. The molecular formula is C20H21NO3. The molecule has 0 aliphatic rings. The lowest BCUT2D eigenvalue weighted by atomic mass is 10.0. The molecule has 4 heteroatoms. The van der Waals surface area contributed by atoms with Gasteiger partial charge in [0.2, 0.25) is 5.91 Å². The first-order chi connectivity index (χ1) is 11.6. The Hall–Kier alpha value is -2.43. The SMILES string of the molecule is CCC(=O)N(CC(O)CO)c1cccc2cc3ccccc3cc12. The zero-order valence-electron chi connectivity index (χ0n) is 13.6. The van der Waals surface area contributed by atoms with Gasteiger partial charge in [-0.3, -0.25) is 4.79 Å². The number of aliphatic hydroxyl groups excluding tert-OH is 2. The van der Waals surface area contributed by atoms with Gasteiger partial charge in [0, 0.05) is 11.8 Å². The summed E-state index contributed by atoms with van der Waals surface area (Å²) in [5, 5.41) is 23.2. The highest BCUT2D eigenvalue weighted by molar-refractivity contribution is 6.08. The molecule has 3 aromatic rings. The highest BCUT2D eigenvalue weighted by Crippen LogP contribution is 2.31. The molecule has 2 N–H and O–H groups in total. The van der Waals surface area contributed by atoms with Gasteiger partial charge in [0.25, 0.3) is 0 Å². The Morgan fingerprint density at radius 1 is 1.04 bits per heavy atom. The number of hydrogen-bond acceptors (Lipinski definition) is 3. The summed E-state index contributed by atoms with van der Waals surface area (Å²) in [6.45, 7) is 1.50. The van der Waals surface area contributed by atoms with Gasteiger partial charge in [0.1, 0.15) is 0 Å². The third-order valence-corrected chi connectivity index (χ3v) is 4.22. The van der Waals surface area contributed by atoms with E-state index < -0.39 is 6.10 Å². The van der Waals surface area contributed by atoms with E-state index in [0.29, 0.717) is 6.42 Å². The van der Waals surface area contributed by atoms with Gasteiger partial charge in [0.15, 0.2) is 0 Å². The van der Waals surface area contributed by atoms with Crippen molar-refractivity contribution in [1.82, 2.24) is 0 Å². The van der Waals surface area contributed by atoms with Crippen LogP contribution in [0.15, 0.2) is 54.6 Å². The van der Waals surface area contributed by atoms with E-state index >= 15 is 0 Å². The van der Waals surface area contributed by atoms with Crippen LogP contribution < -0.4 is 4.90 Å². The molecule has 0 aliphatic heterocycles. The second-order valence-electron chi connectivity index (χ2n) is 5.89. The van der Waals surface area contributed by atoms with Crippen LogP contribution in [-0.2, 0) is 4.79 Å². The topological polar surface area (TPSA) is 60.8 Å². The zero-order valence-corrected chi connectivity index (χ0v) is 13.6. The molecule has 1 atom stereocenters. The Kier molecular flexibility index (Phi) is 4.79. The Labute approximate surface area is 140 Å². The monoisotopic (exact) mass is 323 g/mol. The first-order valence-corrected chi connectivity index (χ1v) is 8.15. The molecule has 0 saturated heterocycles. The van der Waals surface area contributed by atoms with Gasteiger partial charge in [-0.25, -0.2) is 0 Å². The van der Waals surface area contributed by atoms with Gasteiger partial charge >= 0.3 is 0 Å². The van der Waals surface area contributed by atoms with Crippen molar-refractivity contribution in [3.05, 3.63) is 54.6 Å². The van der Waals surface area contributed by atoms with Gasteiger partial charge in [-0.15, -0.1) is 0 Å². The number of nitrogens with zero attached hydrogens (tertiary/aromatic N) is 1. The number of fused-ring (bicyclic) bond motifs is 2. The lowest BCUT2D eigenvalue weighted by Crippen LogP contribution is -2.38. The third-order valence-electron chi connectivity index (χ3n) is 4.22. The highest BCUT2D eigenvalue weighted by Gasteiger charge is 2.19.